The van der Waals surface area contributed by atoms with Gasteiger partial charge in [0.2, 0.25) is 0 Å². The number of hydrogen-bond donors (Lipinski definition) is 2. The maximum Gasteiger partial charge on any atom is 0.573 e. The number of amides is 1. The van der Waals surface area contributed by atoms with E-state index in [0.717, 1.165) is 31.0 Å². The van der Waals surface area contributed by atoms with Crippen LogP contribution in [-0.2, 0) is 11.3 Å². The van der Waals surface area contributed by atoms with Gasteiger partial charge in [0.05, 0.1) is 6.04 Å². The number of methoxy groups -OCH3 is 1. The van der Waals surface area contributed by atoms with Crippen molar-refractivity contribution in [2.45, 2.75) is 31.9 Å². The molecule has 7 nitrogen and oxygen atoms in total. The molecule has 1 amide bonds. The third-order valence-electron chi connectivity index (χ3n) is 4.23. The molecule has 29 heavy (non-hydrogen) atoms. The highest BCUT2D eigenvalue weighted by Gasteiger charge is 2.36. The molecule has 2 N–H and O–H groups in total. The van der Waals surface area contributed by atoms with Crippen LogP contribution in [0.3, 0.4) is 0 Å². The SMILES string of the molecule is COCc1nc(C(=O)N[C@@H](c2ccc(OC(F)(F)F)c(F)c2)C2CC2)cc(=O)[nH]1. The van der Waals surface area contributed by atoms with Crippen molar-refractivity contribution < 1.29 is 31.8 Å². The number of nitrogens with zero attached hydrogens (tertiary/aromatic N) is 1. The van der Waals surface area contributed by atoms with Crippen molar-refractivity contribution in [3.05, 3.63) is 57.5 Å². The number of H-pyrrole nitrogens is 1. The molecule has 1 heterocycles. The first kappa shape index (κ1) is 20.8. The van der Waals surface area contributed by atoms with Crippen molar-refractivity contribution in [2.24, 2.45) is 5.92 Å². The quantitative estimate of drug-likeness (QED) is 0.679. The summed E-state index contributed by atoms with van der Waals surface area (Å²) in [4.78, 5) is 30.7. The number of nitrogens with one attached hydrogen (secondary N) is 2. The van der Waals surface area contributed by atoms with Crippen LogP contribution in [0.4, 0.5) is 17.6 Å². The second kappa shape index (κ2) is 8.19. The first-order valence-corrected chi connectivity index (χ1v) is 8.61. The molecule has 1 saturated carbocycles. The zero-order valence-corrected chi connectivity index (χ0v) is 15.2. The fourth-order valence-electron chi connectivity index (χ4n) is 2.87. The second-order valence-electron chi connectivity index (χ2n) is 6.54. The lowest BCUT2D eigenvalue weighted by atomic mass is 10.0. The topological polar surface area (TPSA) is 93.3 Å². The van der Waals surface area contributed by atoms with Gasteiger partial charge in [0.25, 0.3) is 11.5 Å². The smallest absolute Gasteiger partial charge is 0.403 e. The fourth-order valence-corrected chi connectivity index (χ4v) is 2.87. The number of rotatable bonds is 7. The summed E-state index contributed by atoms with van der Waals surface area (Å²) in [5.41, 5.74) is -0.404. The maximum absolute atomic E-state index is 14.1. The van der Waals surface area contributed by atoms with E-state index in [4.69, 9.17) is 4.74 Å². The molecule has 1 fully saturated rings. The van der Waals surface area contributed by atoms with Gasteiger partial charge in [0.1, 0.15) is 18.1 Å². The molecule has 0 unspecified atom stereocenters. The summed E-state index contributed by atoms with van der Waals surface area (Å²) in [6, 6.07) is 3.38. The van der Waals surface area contributed by atoms with Gasteiger partial charge in [-0.05, 0) is 36.5 Å². The minimum absolute atomic E-state index is 0.00566. The summed E-state index contributed by atoms with van der Waals surface area (Å²) in [7, 11) is 1.40. The van der Waals surface area contributed by atoms with E-state index in [9.17, 15) is 27.2 Å². The molecule has 0 bridgehead atoms. The molecule has 0 aliphatic heterocycles. The van der Waals surface area contributed by atoms with Crippen molar-refractivity contribution >= 4 is 5.91 Å². The summed E-state index contributed by atoms with van der Waals surface area (Å²) in [5, 5.41) is 2.68. The Morgan fingerprint density at radius 3 is 2.66 bits per heavy atom. The van der Waals surface area contributed by atoms with Crippen LogP contribution in [-0.4, -0.2) is 29.3 Å². The fraction of sp³-hybridized carbons (Fsp3) is 0.389. The van der Waals surface area contributed by atoms with Crippen LogP contribution in [0.2, 0.25) is 0 Å². The van der Waals surface area contributed by atoms with Crippen LogP contribution in [0.15, 0.2) is 29.1 Å². The summed E-state index contributed by atoms with van der Waals surface area (Å²) in [6.45, 7) is -0.00566. The zero-order chi connectivity index (χ0) is 21.2. The predicted octanol–water partition coefficient (Wildman–Crippen LogP) is 2.84. The molecule has 1 aliphatic carbocycles. The number of carbonyl (C=O) groups is 1. The van der Waals surface area contributed by atoms with E-state index >= 15 is 0 Å². The largest absolute Gasteiger partial charge is 0.573 e. The van der Waals surface area contributed by atoms with Crippen LogP contribution in [0.5, 0.6) is 5.75 Å². The van der Waals surface area contributed by atoms with Crippen LogP contribution in [0.1, 0.15) is 40.8 Å². The van der Waals surface area contributed by atoms with Gasteiger partial charge in [-0.15, -0.1) is 13.2 Å². The van der Waals surface area contributed by atoms with E-state index in [0.29, 0.717) is 0 Å². The minimum atomic E-state index is -5.02. The molecule has 3 rings (SSSR count). The van der Waals surface area contributed by atoms with Gasteiger partial charge in [0, 0.05) is 13.2 Å². The van der Waals surface area contributed by atoms with E-state index < -0.39 is 35.4 Å². The molecule has 0 radical (unpaired) electrons. The molecular weight excluding hydrogens is 398 g/mol. The van der Waals surface area contributed by atoms with Crippen molar-refractivity contribution in [1.29, 1.82) is 0 Å². The average molecular weight is 415 g/mol. The van der Waals surface area contributed by atoms with Crippen molar-refractivity contribution in [2.75, 3.05) is 7.11 Å². The van der Waals surface area contributed by atoms with E-state index in [1.807, 2.05) is 0 Å². The normalized spacial score (nSPS) is 15.1. The molecular formula is C18H17F4N3O4. The van der Waals surface area contributed by atoms with Gasteiger partial charge in [0.15, 0.2) is 11.6 Å². The highest BCUT2D eigenvalue weighted by molar-refractivity contribution is 5.92. The van der Waals surface area contributed by atoms with E-state index in [1.165, 1.54) is 13.2 Å². The number of carbonyl (C=O) groups excluding carboxylic acids is 1. The van der Waals surface area contributed by atoms with Crippen molar-refractivity contribution in [1.82, 2.24) is 15.3 Å². The number of alkyl halides is 3. The van der Waals surface area contributed by atoms with E-state index in [2.05, 4.69) is 20.0 Å². The molecule has 1 aromatic carbocycles. The molecule has 1 aliphatic rings. The standard InChI is InChI=1S/C18H17F4N3O4/c1-28-8-14-23-12(7-15(26)24-14)17(27)25-16(9-2-3-9)10-4-5-13(11(19)6-10)29-18(20,21)22/h4-7,9,16H,2-3,8H2,1H3,(H,25,27)(H,23,24,26)/t16-/m1/s1. The Bertz CT molecular complexity index is 957. The molecule has 1 atom stereocenters. The first-order chi connectivity index (χ1) is 13.7. The van der Waals surface area contributed by atoms with Crippen LogP contribution in [0, 0.1) is 11.7 Å². The summed E-state index contributed by atoms with van der Waals surface area (Å²) in [6.07, 6.45) is -3.51. The van der Waals surface area contributed by atoms with Crippen molar-refractivity contribution in [3.8, 4) is 5.75 Å². The van der Waals surface area contributed by atoms with Gasteiger partial charge in [-0.25, -0.2) is 9.37 Å². The van der Waals surface area contributed by atoms with Crippen molar-refractivity contribution in [3.63, 3.8) is 0 Å². The van der Waals surface area contributed by atoms with E-state index in [-0.39, 0.29) is 29.6 Å². The van der Waals surface area contributed by atoms with Crippen LogP contribution >= 0.6 is 0 Å². The number of ether oxygens (including phenoxy) is 2. The average Bonchev–Trinajstić information content (AvgIpc) is 3.45. The lowest BCUT2D eigenvalue weighted by Crippen LogP contribution is -2.32. The number of hydrogen-bond acceptors (Lipinski definition) is 5. The Morgan fingerprint density at radius 1 is 1.34 bits per heavy atom. The highest BCUT2D eigenvalue weighted by Crippen LogP contribution is 2.42. The molecule has 11 heteroatoms. The number of aromatic amines is 1. The molecule has 2 aromatic rings. The number of halogens is 4. The summed E-state index contributed by atoms with van der Waals surface area (Å²) < 4.78 is 59.5. The Hall–Kier alpha value is -2.95. The van der Waals surface area contributed by atoms with E-state index in [1.54, 1.807) is 0 Å². The Kier molecular flexibility index (Phi) is 5.87. The molecule has 0 spiro atoms. The lowest BCUT2D eigenvalue weighted by Gasteiger charge is -2.19. The Morgan fingerprint density at radius 2 is 2.07 bits per heavy atom. The summed E-state index contributed by atoms with van der Waals surface area (Å²) in [5.74, 6) is -2.67. The lowest BCUT2D eigenvalue weighted by molar-refractivity contribution is -0.275. The predicted molar refractivity (Wildman–Crippen MR) is 91.6 cm³/mol. The van der Waals surface area contributed by atoms with Gasteiger partial charge in [-0.3, -0.25) is 9.59 Å². The minimum Gasteiger partial charge on any atom is -0.403 e. The van der Waals surface area contributed by atoms with Gasteiger partial charge >= 0.3 is 6.36 Å². The first-order valence-electron chi connectivity index (χ1n) is 8.61. The zero-order valence-electron chi connectivity index (χ0n) is 15.2. The third kappa shape index (κ3) is 5.53. The van der Waals surface area contributed by atoms with Crippen LogP contribution in [0.25, 0.3) is 0 Å². The number of benzene rings is 1. The summed E-state index contributed by atoms with van der Waals surface area (Å²) >= 11 is 0. The van der Waals surface area contributed by atoms with Gasteiger partial charge in [-0.2, -0.15) is 0 Å². The second-order valence-corrected chi connectivity index (χ2v) is 6.54. The molecule has 156 valence electrons. The van der Waals surface area contributed by atoms with Crippen LogP contribution < -0.4 is 15.6 Å². The highest BCUT2D eigenvalue weighted by atomic mass is 19.4. The maximum atomic E-state index is 14.1. The monoisotopic (exact) mass is 415 g/mol. The third-order valence-corrected chi connectivity index (χ3v) is 4.23. The number of aromatic nitrogens is 2. The van der Waals surface area contributed by atoms with Gasteiger partial charge < -0.3 is 19.8 Å². The Balaban J connectivity index is 1.82. The molecule has 1 aromatic heterocycles. The Labute approximate surface area is 162 Å². The molecule has 0 saturated heterocycles. The van der Waals surface area contributed by atoms with Gasteiger partial charge in [-0.1, -0.05) is 6.07 Å².